The van der Waals surface area contributed by atoms with Gasteiger partial charge in [-0.25, -0.2) is 4.39 Å². The normalized spacial score (nSPS) is 11.3. The zero-order valence-corrected chi connectivity index (χ0v) is 9.49. The molecule has 0 aromatic heterocycles. The van der Waals surface area contributed by atoms with E-state index in [1.165, 1.54) is 0 Å². The molecular weight excluding hydrogens is 279 g/mol. The molecule has 0 radical (unpaired) electrons. The summed E-state index contributed by atoms with van der Waals surface area (Å²) in [7, 11) is 0. The van der Waals surface area contributed by atoms with Crippen molar-refractivity contribution in [3.05, 3.63) is 51.1 Å². The maximum absolute atomic E-state index is 13.7. The average Bonchev–Trinajstić information content (AvgIpc) is 2.42. The zero-order valence-electron chi connectivity index (χ0n) is 9.49. The number of hydrogen-bond donors (Lipinski definition) is 1. The standard InChI is InChI=1S/C12H4F3NO4/c13-4-3-6-12(9(15)10(4)18)20-11-5(16(6)19)1-2-7(17)8(11)14/h1-3,18H. The Morgan fingerprint density at radius 3 is 2.60 bits per heavy atom. The van der Waals surface area contributed by atoms with Crippen LogP contribution in [0, 0.1) is 22.7 Å². The van der Waals surface area contributed by atoms with Crippen LogP contribution in [0.25, 0.3) is 22.6 Å². The van der Waals surface area contributed by atoms with E-state index >= 15 is 0 Å². The number of fused-ring (bicyclic) bond motifs is 2. The van der Waals surface area contributed by atoms with E-state index in [4.69, 9.17) is 9.52 Å². The van der Waals surface area contributed by atoms with Crippen LogP contribution in [0.2, 0.25) is 0 Å². The molecule has 2 aliphatic rings. The minimum absolute atomic E-state index is 0.0162. The highest BCUT2D eigenvalue weighted by atomic mass is 19.1. The molecule has 0 saturated heterocycles. The summed E-state index contributed by atoms with van der Waals surface area (Å²) < 4.78 is 45.3. The Kier molecular flexibility index (Phi) is 2.37. The van der Waals surface area contributed by atoms with Crippen LogP contribution in [0.5, 0.6) is 5.75 Å². The highest BCUT2D eigenvalue weighted by Crippen LogP contribution is 2.31. The summed E-state index contributed by atoms with van der Waals surface area (Å²) in [6, 6.07) is 2.31. The molecule has 1 aromatic carbocycles. The first-order valence-corrected chi connectivity index (χ1v) is 5.27. The summed E-state index contributed by atoms with van der Waals surface area (Å²) in [6.07, 6.45) is 0. The van der Waals surface area contributed by atoms with Gasteiger partial charge < -0.3 is 14.7 Å². The number of benzene rings is 2. The van der Waals surface area contributed by atoms with Crippen LogP contribution in [0.1, 0.15) is 0 Å². The van der Waals surface area contributed by atoms with E-state index in [-0.39, 0.29) is 4.73 Å². The molecule has 3 rings (SSSR count). The predicted octanol–water partition coefficient (Wildman–Crippen LogP) is 1.65. The summed E-state index contributed by atoms with van der Waals surface area (Å²) >= 11 is 0. The van der Waals surface area contributed by atoms with Gasteiger partial charge in [0.25, 0.3) is 11.2 Å². The van der Waals surface area contributed by atoms with Gasteiger partial charge in [0, 0.05) is 6.07 Å². The van der Waals surface area contributed by atoms with Gasteiger partial charge in [-0.2, -0.15) is 13.5 Å². The van der Waals surface area contributed by atoms with Crippen molar-refractivity contribution in [2.24, 2.45) is 0 Å². The van der Waals surface area contributed by atoms with E-state index in [0.717, 1.165) is 12.1 Å². The first kappa shape index (κ1) is 12.3. The lowest BCUT2D eigenvalue weighted by Gasteiger charge is -2.10. The summed E-state index contributed by atoms with van der Waals surface area (Å²) in [5.74, 6) is -6.43. The minimum atomic E-state index is -1.55. The first-order valence-electron chi connectivity index (χ1n) is 5.27. The molecule has 20 heavy (non-hydrogen) atoms. The number of aromatic hydroxyl groups is 1. The van der Waals surface area contributed by atoms with Crippen molar-refractivity contribution in [2.75, 3.05) is 0 Å². The van der Waals surface area contributed by atoms with Gasteiger partial charge in [0.05, 0.1) is 6.07 Å². The zero-order chi connectivity index (χ0) is 14.6. The smallest absolute Gasteiger partial charge is 0.266 e. The van der Waals surface area contributed by atoms with Gasteiger partial charge in [-0.05, 0) is 6.07 Å². The van der Waals surface area contributed by atoms with E-state index in [1.807, 2.05) is 0 Å². The number of phenols is 1. The molecule has 5 nitrogen and oxygen atoms in total. The van der Waals surface area contributed by atoms with Gasteiger partial charge >= 0.3 is 0 Å². The predicted molar refractivity (Wildman–Crippen MR) is 59.6 cm³/mol. The maximum atomic E-state index is 13.7. The van der Waals surface area contributed by atoms with Crippen molar-refractivity contribution in [1.82, 2.24) is 0 Å². The molecule has 0 amide bonds. The molecule has 1 N–H and O–H groups in total. The molecule has 0 unspecified atom stereocenters. The van der Waals surface area contributed by atoms with Crippen molar-refractivity contribution < 1.29 is 27.4 Å². The van der Waals surface area contributed by atoms with E-state index in [9.17, 15) is 23.2 Å². The van der Waals surface area contributed by atoms with Crippen LogP contribution in [0.4, 0.5) is 13.2 Å². The number of halogens is 3. The molecule has 1 heterocycles. The largest absolute Gasteiger partial charge is 0.618 e. The molecule has 8 heteroatoms. The Labute approximate surface area is 108 Å². The Balaban J connectivity index is 2.62. The van der Waals surface area contributed by atoms with E-state index in [1.54, 1.807) is 0 Å². The van der Waals surface area contributed by atoms with Crippen LogP contribution in [0.3, 0.4) is 0 Å². The Morgan fingerprint density at radius 2 is 1.90 bits per heavy atom. The molecule has 1 aromatic rings. The molecular formula is C12H4F3NO4. The van der Waals surface area contributed by atoms with Crippen molar-refractivity contribution in [2.45, 2.75) is 0 Å². The lowest BCUT2D eigenvalue weighted by molar-refractivity contribution is -0.567. The monoisotopic (exact) mass is 283 g/mol. The molecule has 102 valence electrons. The van der Waals surface area contributed by atoms with Gasteiger partial charge in [0.15, 0.2) is 11.6 Å². The second-order valence-corrected chi connectivity index (χ2v) is 3.99. The van der Waals surface area contributed by atoms with Crippen molar-refractivity contribution in [3.8, 4) is 17.2 Å². The van der Waals surface area contributed by atoms with Gasteiger partial charge in [-0.1, -0.05) is 0 Å². The first-order chi connectivity index (χ1) is 9.41. The summed E-state index contributed by atoms with van der Waals surface area (Å²) in [6.45, 7) is 0. The van der Waals surface area contributed by atoms with Crippen LogP contribution >= 0.6 is 0 Å². The molecule has 0 fully saturated rings. The molecule has 0 saturated carbocycles. The molecule has 1 aliphatic carbocycles. The second-order valence-electron chi connectivity index (χ2n) is 3.99. The van der Waals surface area contributed by atoms with Gasteiger partial charge in [0.1, 0.15) is 0 Å². The van der Waals surface area contributed by atoms with Crippen LogP contribution in [-0.2, 0) is 0 Å². The fourth-order valence-electron chi connectivity index (χ4n) is 1.84. The fraction of sp³-hybridized carbons (Fsp3) is 0. The number of phenolic OH excluding ortho intramolecular Hbond substituents is 1. The van der Waals surface area contributed by atoms with Crippen LogP contribution < -0.4 is 10.2 Å². The van der Waals surface area contributed by atoms with Crippen LogP contribution in [0.15, 0.2) is 27.4 Å². The van der Waals surface area contributed by atoms with E-state index in [0.29, 0.717) is 6.07 Å². The number of aromatic nitrogens is 1. The third kappa shape index (κ3) is 1.44. The Morgan fingerprint density at radius 1 is 1.20 bits per heavy atom. The van der Waals surface area contributed by atoms with Crippen LogP contribution in [-0.4, -0.2) is 5.11 Å². The fourth-order valence-corrected chi connectivity index (χ4v) is 1.84. The minimum Gasteiger partial charge on any atom is -0.618 e. The second kappa shape index (κ2) is 3.86. The number of nitrogens with zero attached hydrogens (tertiary/aromatic N) is 1. The lowest BCUT2D eigenvalue weighted by Crippen LogP contribution is -2.32. The van der Waals surface area contributed by atoms with E-state index < -0.39 is 51.2 Å². The average molecular weight is 283 g/mol. The summed E-state index contributed by atoms with van der Waals surface area (Å²) in [5.41, 5.74) is -2.88. The highest BCUT2D eigenvalue weighted by molar-refractivity contribution is 5.74. The molecule has 0 atom stereocenters. The third-order valence-electron chi connectivity index (χ3n) is 2.81. The van der Waals surface area contributed by atoms with Gasteiger partial charge in [0.2, 0.25) is 28.4 Å². The van der Waals surface area contributed by atoms with E-state index in [2.05, 4.69) is 0 Å². The summed E-state index contributed by atoms with van der Waals surface area (Å²) in [4.78, 5) is 11.1. The maximum Gasteiger partial charge on any atom is 0.266 e. The van der Waals surface area contributed by atoms with Crippen molar-refractivity contribution >= 4 is 11.1 Å². The molecule has 0 spiro atoms. The van der Waals surface area contributed by atoms with Gasteiger partial charge in [-0.15, -0.1) is 0 Å². The topological polar surface area (TPSA) is 77.4 Å². The SMILES string of the molecule is O=c1ccc2[n+]([O-])c3cc(F)c(O)c(F)c3oc-2c1F. The Hall–Kier alpha value is -2.77. The quantitative estimate of drug-likeness (QED) is 0.386. The van der Waals surface area contributed by atoms with Crippen molar-refractivity contribution in [3.63, 3.8) is 0 Å². The lowest BCUT2D eigenvalue weighted by atomic mass is 10.2. The molecule has 1 aliphatic heterocycles. The Bertz CT molecular complexity index is 890. The van der Waals surface area contributed by atoms with Gasteiger partial charge in [-0.3, -0.25) is 4.79 Å². The number of rotatable bonds is 0. The molecule has 0 bridgehead atoms. The van der Waals surface area contributed by atoms with Crippen molar-refractivity contribution in [1.29, 1.82) is 0 Å². The number of hydrogen-bond acceptors (Lipinski definition) is 4. The summed E-state index contributed by atoms with van der Waals surface area (Å²) in [5, 5.41) is 21.1. The third-order valence-corrected chi connectivity index (χ3v) is 2.81. The highest BCUT2D eigenvalue weighted by Gasteiger charge is 2.28.